The Hall–Kier alpha value is -1.84. The molecule has 0 spiro atoms. The first-order valence-electron chi connectivity index (χ1n) is 5.38. The van der Waals surface area contributed by atoms with Crippen molar-refractivity contribution in [2.45, 2.75) is 20.8 Å². The van der Waals surface area contributed by atoms with E-state index in [0.717, 1.165) is 0 Å². The number of ketones is 1. The molecule has 1 aromatic rings. The number of nitrogens with one attached hydrogen (secondary N) is 1. The average Bonchev–Trinajstić information content (AvgIpc) is 2.26. The van der Waals surface area contributed by atoms with E-state index in [1.807, 2.05) is 0 Å². The second-order valence-electron chi connectivity index (χ2n) is 4.86. The predicted octanol–water partition coefficient (Wildman–Crippen LogP) is 1.98. The summed E-state index contributed by atoms with van der Waals surface area (Å²) in [7, 11) is 1.47. The number of hydrogen-bond acceptors (Lipinski definition) is 3. The van der Waals surface area contributed by atoms with Crippen LogP contribution in [0, 0.1) is 5.41 Å². The van der Waals surface area contributed by atoms with Gasteiger partial charge in [0.1, 0.15) is 5.75 Å². The molecular weight excluding hydrogens is 218 g/mol. The summed E-state index contributed by atoms with van der Waals surface area (Å²) in [6, 6.07) is 4.59. The van der Waals surface area contributed by atoms with E-state index in [1.165, 1.54) is 19.2 Å². The van der Waals surface area contributed by atoms with Crippen molar-refractivity contribution >= 4 is 11.7 Å². The molecule has 0 unspecified atom stereocenters. The minimum absolute atomic E-state index is 0.114. The first-order valence-corrected chi connectivity index (χ1v) is 5.38. The summed E-state index contributed by atoms with van der Waals surface area (Å²) in [5, 5.41) is 12.4. The van der Waals surface area contributed by atoms with Crippen LogP contribution >= 0.6 is 0 Å². The fraction of sp³-hybridized carbons (Fsp3) is 0.385. The number of carbonyl (C=O) groups excluding carboxylic acids is 2. The molecule has 0 fully saturated rings. The molecule has 4 nitrogen and oxygen atoms in total. The van der Waals surface area contributed by atoms with Gasteiger partial charge in [-0.3, -0.25) is 9.59 Å². The van der Waals surface area contributed by atoms with E-state index in [2.05, 4.69) is 5.32 Å². The smallest absolute Gasteiger partial charge is 0.254 e. The Labute approximate surface area is 101 Å². The first kappa shape index (κ1) is 13.2. The molecule has 4 heteroatoms. The van der Waals surface area contributed by atoms with Gasteiger partial charge >= 0.3 is 0 Å². The summed E-state index contributed by atoms with van der Waals surface area (Å²) in [5.41, 5.74) is -0.306. The van der Waals surface area contributed by atoms with Gasteiger partial charge in [-0.1, -0.05) is 26.8 Å². The third-order valence-electron chi connectivity index (χ3n) is 2.43. The van der Waals surface area contributed by atoms with Gasteiger partial charge in [0, 0.05) is 12.5 Å². The van der Waals surface area contributed by atoms with E-state index < -0.39 is 11.3 Å². The number of phenolic OH excluding ortho intramolecular Hbond substituents is 1. The molecule has 0 radical (unpaired) electrons. The van der Waals surface area contributed by atoms with Crippen molar-refractivity contribution < 1.29 is 14.7 Å². The average molecular weight is 235 g/mol. The number of para-hydroxylation sites is 1. The Kier molecular flexibility index (Phi) is 3.56. The molecule has 92 valence electrons. The lowest BCUT2D eigenvalue weighted by atomic mass is 9.85. The molecule has 0 bridgehead atoms. The van der Waals surface area contributed by atoms with Gasteiger partial charge in [0.05, 0.1) is 11.1 Å². The Balaban J connectivity index is 3.29. The van der Waals surface area contributed by atoms with Crippen LogP contribution in [0.25, 0.3) is 0 Å². The van der Waals surface area contributed by atoms with Crippen LogP contribution in [0.2, 0.25) is 0 Å². The van der Waals surface area contributed by atoms with E-state index in [4.69, 9.17) is 0 Å². The molecule has 0 aliphatic heterocycles. The van der Waals surface area contributed by atoms with Crippen LogP contribution in [0.1, 0.15) is 41.5 Å². The number of Topliss-reactive ketones (excluding diaryl/α,β-unsaturated/α-hetero) is 1. The predicted molar refractivity (Wildman–Crippen MR) is 65.3 cm³/mol. The third-order valence-corrected chi connectivity index (χ3v) is 2.43. The summed E-state index contributed by atoms with van der Waals surface area (Å²) in [4.78, 5) is 23.5. The molecule has 17 heavy (non-hydrogen) atoms. The number of hydrogen-bond donors (Lipinski definition) is 2. The first-order chi connectivity index (χ1) is 7.79. The number of benzene rings is 1. The van der Waals surface area contributed by atoms with Crippen molar-refractivity contribution in [1.82, 2.24) is 5.32 Å². The number of amides is 1. The maximum atomic E-state index is 12.1. The zero-order valence-electron chi connectivity index (χ0n) is 10.5. The maximum Gasteiger partial charge on any atom is 0.254 e. The van der Waals surface area contributed by atoms with Crippen LogP contribution in [0.5, 0.6) is 5.75 Å². The van der Waals surface area contributed by atoms with E-state index in [9.17, 15) is 14.7 Å². The Morgan fingerprint density at radius 2 is 1.71 bits per heavy atom. The number of aromatic hydroxyl groups is 1. The van der Waals surface area contributed by atoms with E-state index in [1.54, 1.807) is 26.8 Å². The van der Waals surface area contributed by atoms with Crippen LogP contribution in [0.15, 0.2) is 18.2 Å². The Morgan fingerprint density at radius 1 is 1.18 bits per heavy atom. The molecule has 1 aromatic carbocycles. The van der Waals surface area contributed by atoms with Gasteiger partial charge in [-0.05, 0) is 12.1 Å². The van der Waals surface area contributed by atoms with Gasteiger partial charge in [-0.2, -0.15) is 0 Å². The van der Waals surface area contributed by atoms with Crippen molar-refractivity contribution in [2.75, 3.05) is 7.05 Å². The minimum Gasteiger partial charge on any atom is -0.506 e. The summed E-state index contributed by atoms with van der Waals surface area (Å²) in [6.45, 7) is 5.30. The maximum absolute atomic E-state index is 12.1. The standard InChI is InChI=1S/C13H17NO3/c1-13(2,3)11(16)8-6-5-7-9(10(8)15)12(17)14-4/h5-7,15H,1-4H3,(H,14,17). The topological polar surface area (TPSA) is 66.4 Å². The Bertz CT molecular complexity index is 458. The third kappa shape index (κ3) is 2.64. The fourth-order valence-electron chi connectivity index (χ4n) is 1.45. The van der Waals surface area contributed by atoms with Gasteiger partial charge in [0.25, 0.3) is 5.91 Å². The Morgan fingerprint density at radius 3 is 2.18 bits per heavy atom. The monoisotopic (exact) mass is 235 g/mol. The van der Waals surface area contributed by atoms with E-state index >= 15 is 0 Å². The number of rotatable bonds is 2. The van der Waals surface area contributed by atoms with Gasteiger partial charge < -0.3 is 10.4 Å². The lowest BCUT2D eigenvalue weighted by Crippen LogP contribution is -2.22. The highest BCUT2D eigenvalue weighted by Crippen LogP contribution is 2.29. The van der Waals surface area contributed by atoms with Crippen molar-refractivity contribution in [2.24, 2.45) is 5.41 Å². The zero-order valence-corrected chi connectivity index (χ0v) is 10.5. The summed E-state index contributed by atoms with van der Waals surface area (Å²) >= 11 is 0. The van der Waals surface area contributed by atoms with Crippen molar-refractivity contribution in [3.8, 4) is 5.75 Å². The highest BCUT2D eigenvalue weighted by Gasteiger charge is 2.27. The van der Waals surface area contributed by atoms with E-state index in [0.29, 0.717) is 0 Å². The molecule has 1 amide bonds. The molecular formula is C13H17NO3. The van der Waals surface area contributed by atoms with Gasteiger partial charge in [-0.15, -0.1) is 0 Å². The molecule has 0 aliphatic carbocycles. The fourth-order valence-corrected chi connectivity index (χ4v) is 1.45. The highest BCUT2D eigenvalue weighted by atomic mass is 16.3. The van der Waals surface area contributed by atoms with Crippen LogP contribution < -0.4 is 5.32 Å². The van der Waals surface area contributed by atoms with Crippen molar-refractivity contribution in [3.63, 3.8) is 0 Å². The molecule has 0 aromatic heterocycles. The quantitative estimate of drug-likeness (QED) is 0.770. The van der Waals surface area contributed by atoms with Crippen LogP contribution in [-0.4, -0.2) is 23.8 Å². The molecule has 2 N–H and O–H groups in total. The second-order valence-corrected chi connectivity index (χ2v) is 4.86. The molecule has 0 saturated heterocycles. The van der Waals surface area contributed by atoms with Gasteiger partial charge in [-0.25, -0.2) is 0 Å². The number of phenols is 1. The van der Waals surface area contributed by atoms with Crippen molar-refractivity contribution in [1.29, 1.82) is 0 Å². The summed E-state index contributed by atoms with van der Waals surface area (Å²) < 4.78 is 0. The molecule has 0 saturated carbocycles. The highest BCUT2D eigenvalue weighted by molar-refractivity contribution is 6.06. The van der Waals surface area contributed by atoms with E-state index in [-0.39, 0.29) is 22.7 Å². The second kappa shape index (κ2) is 4.57. The van der Waals surface area contributed by atoms with Crippen LogP contribution in [0.4, 0.5) is 0 Å². The largest absolute Gasteiger partial charge is 0.506 e. The van der Waals surface area contributed by atoms with Gasteiger partial charge in [0.15, 0.2) is 5.78 Å². The zero-order chi connectivity index (χ0) is 13.2. The summed E-state index contributed by atoms with van der Waals surface area (Å²) in [6.07, 6.45) is 0. The van der Waals surface area contributed by atoms with Crippen LogP contribution in [-0.2, 0) is 0 Å². The SMILES string of the molecule is CNC(=O)c1cccc(C(=O)C(C)(C)C)c1O. The molecule has 0 atom stereocenters. The molecule has 0 aliphatic rings. The van der Waals surface area contributed by atoms with Crippen molar-refractivity contribution in [3.05, 3.63) is 29.3 Å². The molecule has 1 rings (SSSR count). The minimum atomic E-state index is -0.598. The summed E-state index contributed by atoms with van der Waals surface area (Å²) in [5.74, 6) is -0.862. The normalized spacial score (nSPS) is 11.1. The molecule has 0 heterocycles. The van der Waals surface area contributed by atoms with Crippen LogP contribution in [0.3, 0.4) is 0 Å². The lowest BCUT2D eigenvalue weighted by molar-refractivity contribution is 0.0855. The number of carbonyl (C=O) groups is 2. The lowest BCUT2D eigenvalue weighted by Gasteiger charge is -2.18. The van der Waals surface area contributed by atoms with Gasteiger partial charge in [0.2, 0.25) is 0 Å².